The molecule has 0 heterocycles. The van der Waals surface area contributed by atoms with Crippen LogP contribution in [-0.4, -0.2) is 46.1 Å². The second kappa shape index (κ2) is 34.0. The van der Waals surface area contributed by atoms with Gasteiger partial charge in [-0.15, -0.1) is 0 Å². The van der Waals surface area contributed by atoms with Crippen LogP contribution in [0.2, 0.25) is 0 Å². The van der Waals surface area contributed by atoms with Crippen LogP contribution in [0.1, 0.15) is 200 Å². The summed E-state index contributed by atoms with van der Waals surface area (Å²) in [6.45, 7) is 4.23. The minimum Gasteiger partial charge on any atom is -0.394 e. The number of hydrogen-bond donors (Lipinski definition) is 4. The van der Waals surface area contributed by atoms with Crippen molar-refractivity contribution in [2.45, 2.75) is 218 Å². The second-order valence-electron chi connectivity index (χ2n) is 13.2. The number of aliphatic hydroxyl groups is 3. The van der Waals surface area contributed by atoms with Gasteiger partial charge in [-0.2, -0.15) is 0 Å². The number of amides is 1. The zero-order valence-corrected chi connectivity index (χ0v) is 28.8. The van der Waals surface area contributed by atoms with E-state index < -0.39 is 18.2 Å². The average Bonchev–Trinajstić information content (AvgIpc) is 3.00. The fraction of sp³-hybridized carbons (Fsp3) is 0.921. The molecular weight excluding hydrogens is 534 g/mol. The van der Waals surface area contributed by atoms with Crippen LogP contribution in [0.4, 0.5) is 0 Å². The first-order valence-electron chi connectivity index (χ1n) is 19.0. The highest BCUT2D eigenvalue weighted by atomic mass is 16.3. The van der Waals surface area contributed by atoms with Crippen molar-refractivity contribution in [3.05, 3.63) is 12.2 Å². The zero-order valence-electron chi connectivity index (χ0n) is 28.8. The Bertz CT molecular complexity index is 596. The number of carbonyl (C=O) groups excluding carboxylic acids is 1. The molecular formula is C38H75NO4. The predicted octanol–water partition coefficient (Wildman–Crippen LogP) is 10.1. The van der Waals surface area contributed by atoms with E-state index in [9.17, 15) is 20.1 Å². The Balaban J connectivity index is 3.63. The second-order valence-corrected chi connectivity index (χ2v) is 13.2. The van der Waals surface area contributed by atoms with Gasteiger partial charge in [-0.05, 0) is 38.5 Å². The van der Waals surface area contributed by atoms with Crippen molar-refractivity contribution in [3.63, 3.8) is 0 Å². The van der Waals surface area contributed by atoms with E-state index in [4.69, 9.17) is 0 Å². The van der Waals surface area contributed by atoms with Gasteiger partial charge in [-0.3, -0.25) is 4.79 Å². The first-order valence-corrected chi connectivity index (χ1v) is 19.0. The SMILES string of the molecule is CCCCCCCCCCCC/C=C\CCCCCCCC(O)CC(=O)NC(CO)C(O)CCCCCCCCCCC. The normalized spacial score (nSPS) is 13.9. The van der Waals surface area contributed by atoms with Crippen molar-refractivity contribution in [3.8, 4) is 0 Å². The zero-order chi connectivity index (χ0) is 31.6. The van der Waals surface area contributed by atoms with E-state index in [1.54, 1.807) is 0 Å². The highest BCUT2D eigenvalue weighted by Crippen LogP contribution is 2.15. The molecule has 0 aromatic rings. The summed E-state index contributed by atoms with van der Waals surface area (Å²) in [5, 5.41) is 33.1. The van der Waals surface area contributed by atoms with Crippen LogP contribution < -0.4 is 5.32 Å². The Hall–Kier alpha value is -0.910. The van der Waals surface area contributed by atoms with Crippen LogP contribution in [0.15, 0.2) is 12.2 Å². The molecule has 0 aliphatic heterocycles. The van der Waals surface area contributed by atoms with E-state index in [0.717, 1.165) is 32.1 Å². The molecule has 3 atom stereocenters. The Morgan fingerprint density at radius 3 is 1.35 bits per heavy atom. The van der Waals surface area contributed by atoms with Gasteiger partial charge in [0.1, 0.15) is 0 Å². The molecule has 5 nitrogen and oxygen atoms in total. The molecule has 0 bridgehead atoms. The summed E-state index contributed by atoms with van der Waals surface area (Å²) in [5.74, 6) is -0.290. The summed E-state index contributed by atoms with van der Waals surface area (Å²) in [6.07, 6.45) is 37.4. The van der Waals surface area contributed by atoms with Crippen molar-refractivity contribution < 1.29 is 20.1 Å². The van der Waals surface area contributed by atoms with Gasteiger partial charge >= 0.3 is 0 Å². The topological polar surface area (TPSA) is 89.8 Å². The van der Waals surface area contributed by atoms with Crippen LogP contribution in [-0.2, 0) is 4.79 Å². The Labute approximate surface area is 268 Å². The molecule has 0 aromatic carbocycles. The van der Waals surface area contributed by atoms with Gasteiger partial charge < -0.3 is 20.6 Å². The van der Waals surface area contributed by atoms with Gasteiger partial charge in [0.25, 0.3) is 0 Å². The van der Waals surface area contributed by atoms with E-state index in [0.29, 0.717) is 12.8 Å². The van der Waals surface area contributed by atoms with Gasteiger partial charge in [0.05, 0.1) is 31.3 Å². The Morgan fingerprint density at radius 1 is 0.558 bits per heavy atom. The standard InChI is InChI=1S/C38H75NO4/c1-3-5-7-9-11-13-14-15-16-17-18-19-20-21-22-24-25-27-29-31-35(41)33-38(43)39-36(34-40)37(42)32-30-28-26-23-12-10-8-6-4-2/h19-20,35-37,40-42H,3-18,21-34H2,1-2H3,(H,39,43)/b20-19-. The van der Waals surface area contributed by atoms with Crippen molar-refractivity contribution in [1.82, 2.24) is 5.32 Å². The first-order chi connectivity index (χ1) is 21.0. The number of unbranched alkanes of at least 4 members (excludes halogenated alkanes) is 23. The van der Waals surface area contributed by atoms with Gasteiger partial charge in [0, 0.05) is 0 Å². The largest absolute Gasteiger partial charge is 0.394 e. The lowest BCUT2D eigenvalue weighted by molar-refractivity contribution is -0.125. The van der Waals surface area contributed by atoms with E-state index in [1.807, 2.05) is 0 Å². The third kappa shape index (κ3) is 30.9. The molecule has 43 heavy (non-hydrogen) atoms. The fourth-order valence-electron chi connectivity index (χ4n) is 5.87. The number of hydrogen-bond acceptors (Lipinski definition) is 4. The van der Waals surface area contributed by atoms with Crippen LogP contribution in [0, 0.1) is 0 Å². The van der Waals surface area contributed by atoms with Gasteiger partial charge in [-0.25, -0.2) is 0 Å². The molecule has 0 aliphatic carbocycles. The summed E-state index contributed by atoms with van der Waals surface area (Å²) in [6, 6.07) is -0.655. The molecule has 0 saturated heterocycles. The third-order valence-electron chi connectivity index (χ3n) is 8.83. The minimum absolute atomic E-state index is 0.0328. The molecule has 3 unspecified atom stereocenters. The number of carbonyl (C=O) groups is 1. The lowest BCUT2D eigenvalue weighted by atomic mass is 10.0. The summed E-state index contributed by atoms with van der Waals surface area (Å²) in [5.41, 5.74) is 0. The molecule has 0 rings (SSSR count). The smallest absolute Gasteiger partial charge is 0.222 e. The van der Waals surface area contributed by atoms with Gasteiger partial charge in [0.15, 0.2) is 0 Å². The van der Waals surface area contributed by atoms with Crippen LogP contribution >= 0.6 is 0 Å². The number of aliphatic hydroxyl groups excluding tert-OH is 3. The average molecular weight is 610 g/mol. The third-order valence-corrected chi connectivity index (χ3v) is 8.83. The van der Waals surface area contributed by atoms with E-state index in [1.165, 1.54) is 135 Å². The molecule has 5 heteroatoms. The monoisotopic (exact) mass is 610 g/mol. The van der Waals surface area contributed by atoms with E-state index in [-0.39, 0.29) is 18.9 Å². The number of rotatable bonds is 34. The molecule has 0 saturated carbocycles. The van der Waals surface area contributed by atoms with Crippen molar-refractivity contribution in [2.24, 2.45) is 0 Å². The molecule has 0 radical (unpaired) electrons. The van der Waals surface area contributed by atoms with E-state index >= 15 is 0 Å². The van der Waals surface area contributed by atoms with E-state index in [2.05, 4.69) is 31.3 Å². The summed E-state index contributed by atoms with van der Waals surface area (Å²) in [7, 11) is 0. The fourth-order valence-corrected chi connectivity index (χ4v) is 5.87. The molecule has 4 N–H and O–H groups in total. The van der Waals surface area contributed by atoms with Gasteiger partial charge in [-0.1, -0.05) is 167 Å². The molecule has 0 aromatic heterocycles. The molecule has 0 fully saturated rings. The highest BCUT2D eigenvalue weighted by Gasteiger charge is 2.21. The number of nitrogens with one attached hydrogen (secondary N) is 1. The van der Waals surface area contributed by atoms with Gasteiger partial charge in [0.2, 0.25) is 5.91 Å². The van der Waals surface area contributed by atoms with Crippen LogP contribution in [0.3, 0.4) is 0 Å². The minimum atomic E-state index is -0.745. The molecule has 0 spiro atoms. The molecule has 0 aliphatic rings. The highest BCUT2D eigenvalue weighted by molar-refractivity contribution is 5.76. The van der Waals surface area contributed by atoms with Crippen LogP contribution in [0.25, 0.3) is 0 Å². The molecule has 1 amide bonds. The summed E-state index contributed by atoms with van der Waals surface area (Å²) >= 11 is 0. The Morgan fingerprint density at radius 2 is 0.930 bits per heavy atom. The maximum Gasteiger partial charge on any atom is 0.222 e. The maximum atomic E-state index is 12.4. The number of allylic oxidation sites excluding steroid dienone is 2. The van der Waals surface area contributed by atoms with Crippen molar-refractivity contribution in [1.29, 1.82) is 0 Å². The maximum absolute atomic E-state index is 12.4. The lowest BCUT2D eigenvalue weighted by Crippen LogP contribution is -2.46. The quantitative estimate of drug-likeness (QED) is 0.0432. The lowest BCUT2D eigenvalue weighted by Gasteiger charge is -2.23. The van der Waals surface area contributed by atoms with Crippen molar-refractivity contribution in [2.75, 3.05) is 6.61 Å². The van der Waals surface area contributed by atoms with Crippen LogP contribution in [0.5, 0.6) is 0 Å². The Kier molecular flexibility index (Phi) is 33.3. The van der Waals surface area contributed by atoms with Crippen molar-refractivity contribution >= 4 is 5.91 Å². The summed E-state index contributed by atoms with van der Waals surface area (Å²) in [4.78, 5) is 12.4. The summed E-state index contributed by atoms with van der Waals surface area (Å²) < 4.78 is 0. The predicted molar refractivity (Wildman–Crippen MR) is 185 cm³/mol. The first kappa shape index (κ1) is 42.1. The molecule has 256 valence electrons.